The zero-order valence-electron chi connectivity index (χ0n) is 34.1. The summed E-state index contributed by atoms with van der Waals surface area (Å²) in [5.41, 5.74) is 8.34. The van der Waals surface area contributed by atoms with Gasteiger partial charge in [0.05, 0.1) is 24.5 Å². The molecule has 5 aromatic rings. The van der Waals surface area contributed by atoms with Crippen LogP contribution in [0.1, 0.15) is 51.6 Å². The molecular weight excluding hydrogens is 801 g/mol. The van der Waals surface area contributed by atoms with Crippen LogP contribution in [0.5, 0.6) is 17.2 Å². The van der Waals surface area contributed by atoms with Crippen LogP contribution in [0.4, 0.5) is 10.5 Å². The highest BCUT2D eigenvalue weighted by Gasteiger charge is 2.74. The van der Waals surface area contributed by atoms with Crippen molar-refractivity contribution in [2.45, 2.75) is 36.2 Å². The van der Waals surface area contributed by atoms with Crippen molar-refractivity contribution in [3.05, 3.63) is 155 Å². The van der Waals surface area contributed by atoms with Gasteiger partial charge >= 0.3 is 12.0 Å². The number of urea groups is 1. The fourth-order valence-electron chi connectivity index (χ4n) is 10.2. The summed E-state index contributed by atoms with van der Waals surface area (Å²) < 4.78 is 17.7. The Kier molecular flexibility index (Phi) is 10.2. The third-order valence-corrected chi connectivity index (χ3v) is 12.9. The molecule has 318 valence electrons. The SMILES string of the molecule is NC(=O)NCC#Cc1ccc2c(c1)[C@]1(C(=O)N2)[C@H](C(=O)N2CCN(Cc3ccc4c(c3)OCO4)CC2)[C@H]2C(=O)O[C@H](c3ccccc3)[C@H](c3ccccc3)N2[C@@H]1c1ccc(O)cc1. The molecular formula is C49H44N6O8. The second-order valence-electron chi connectivity index (χ2n) is 16.4. The molecule has 0 unspecified atom stereocenters. The van der Waals surface area contributed by atoms with Crippen molar-refractivity contribution in [2.75, 3.05) is 44.8 Å². The second kappa shape index (κ2) is 16.2. The van der Waals surface area contributed by atoms with Crippen molar-refractivity contribution in [2.24, 2.45) is 11.7 Å². The first-order chi connectivity index (χ1) is 30.7. The lowest BCUT2D eigenvalue weighted by molar-refractivity contribution is -0.179. The normalized spacial score (nSPS) is 24.8. The molecule has 1 spiro atoms. The van der Waals surface area contributed by atoms with E-state index in [1.807, 2.05) is 83.8 Å². The number of carbonyl (C=O) groups excluding carboxylic acids is 4. The topological polar surface area (TPSA) is 176 Å². The zero-order valence-corrected chi connectivity index (χ0v) is 34.1. The number of morpholine rings is 1. The lowest BCUT2D eigenvalue weighted by Crippen LogP contribution is -2.58. The number of phenols is 1. The van der Waals surface area contributed by atoms with Crippen LogP contribution < -0.4 is 25.8 Å². The molecule has 3 fully saturated rings. The van der Waals surface area contributed by atoms with E-state index in [0.717, 1.165) is 16.7 Å². The van der Waals surface area contributed by atoms with E-state index in [9.17, 15) is 9.90 Å². The minimum Gasteiger partial charge on any atom is -0.508 e. The molecule has 0 saturated carbocycles. The molecule has 5 aliphatic rings. The predicted molar refractivity (Wildman–Crippen MR) is 230 cm³/mol. The van der Waals surface area contributed by atoms with Crippen LogP contribution in [0.3, 0.4) is 0 Å². The number of aromatic hydroxyl groups is 1. The highest BCUT2D eigenvalue weighted by Crippen LogP contribution is 2.65. The summed E-state index contributed by atoms with van der Waals surface area (Å²) in [6, 6.07) is 33.5. The van der Waals surface area contributed by atoms with E-state index in [1.54, 1.807) is 47.4 Å². The Morgan fingerprint density at radius 2 is 1.52 bits per heavy atom. The number of piperazine rings is 1. The van der Waals surface area contributed by atoms with Crippen molar-refractivity contribution in [1.82, 2.24) is 20.0 Å². The highest BCUT2D eigenvalue weighted by molar-refractivity contribution is 6.12. The summed E-state index contributed by atoms with van der Waals surface area (Å²) in [5.74, 6) is 4.75. The number of nitrogens with one attached hydrogen (secondary N) is 2. The van der Waals surface area contributed by atoms with Crippen LogP contribution in [0, 0.1) is 17.8 Å². The molecule has 63 heavy (non-hydrogen) atoms. The van der Waals surface area contributed by atoms with Crippen LogP contribution in [-0.2, 0) is 31.1 Å². The number of amides is 4. The average molecular weight is 845 g/mol. The Morgan fingerprint density at radius 1 is 0.810 bits per heavy atom. The van der Waals surface area contributed by atoms with Crippen molar-refractivity contribution in [3.63, 3.8) is 0 Å². The van der Waals surface area contributed by atoms with E-state index in [0.29, 0.717) is 66.6 Å². The van der Waals surface area contributed by atoms with Crippen LogP contribution >= 0.6 is 0 Å². The molecule has 5 heterocycles. The van der Waals surface area contributed by atoms with Gasteiger partial charge in [-0.3, -0.25) is 24.2 Å². The molecule has 6 atom stereocenters. The minimum atomic E-state index is -1.71. The van der Waals surface area contributed by atoms with Crippen molar-refractivity contribution >= 4 is 29.5 Å². The average Bonchev–Trinajstić information content (AvgIpc) is 3.98. The van der Waals surface area contributed by atoms with Gasteiger partial charge < -0.3 is 40.6 Å². The van der Waals surface area contributed by atoms with Gasteiger partial charge in [0.1, 0.15) is 23.3 Å². The van der Waals surface area contributed by atoms with Gasteiger partial charge in [0.25, 0.3) is 0 Å². The zero-order chi connectivity index (χ0) is 43.2. The Labute approximate surface area is 363 Å². The quantitative estimate of drug-likeness (QED) is 0.132. The monoisotopic (exact) mass is 844 g/mol. The van der Waals surface area contributed by atoms with Crippen LogP contribution in [0.15, 0.2) is 121 Å². The molecule has 0 radical (unpaired) electrons. The van der Waals surface area contributed by atoms with E-state index < -0.39 is 53.5 Å². The Hall–Kier alpha value is -7.34. The van der Waals surface area contributed by atoms with Gasteiger partial charge in [0.2, 0.25) is 18.6 Å². The molecule has 5 aliphatic heterocycles. The first-order valence-electron chi connectivity index (χ1n) is 21.0. The lowest BCUT2D eigenvalue weighted by Gasteiger charge is -2.46. The summed E-state index contributed by atoms with van der Waals surface area (Å²) in [7, 11) is 0. The predicted octanol–water partition coefficient (Wildman–Crippen LogP) is 4.76. The molecule has 5 aromatic carbocycles. The number of benzene rings is 5. The van der Waals surface area contributed by atoms with Gasteiger partial charge in [0.15, 0.2) is 11.5 Å². The first-order valence-corrected chi connectivity index (χ1v) is 21.0. The molecule has 3 saturated heterocycles. The third-order valence-electron chi connectivity index (χ3n) is 12.9. The molecule has 0 aromatic heterocycles. The number of carbonyl (C=O) groups is 4. The molecule has 4 amide bonds. The maximum Gasteiger partial charge on any atom is 0.324 e. The lowest BCUT2D eigenvalue weighted by atomic mass is 9.65. The maximum atomic E-state index is 15.8. The summed E-state index contributed by atoms with van der Waals surface area (Å²) in [4.78, 5) is 64.0. The van der Waals surface area contributed by atoms with E-state index in [2.05, 4.69) is 27.4 Å². The van der Waals surface area contributed by atoms with Gasteiger partial charge in [-0.1, -0.05) is 90.7 Å². The summed E-state index contributed by atoms with van der Waals surface area (Å²) in [6.07, 6.45) is -0.818. The number of nitrogens with two attached hydrogens (primary N) is 1. The number of primary amides is 1. The summed E-state index contributed by atoms with van der Waals surface area (Å²) >= 11 is 0. The van der Waals surface area contributed by atoms with E-state index >= 15 is 14.4 Å². The van der Waals surface area contributed by atoms with Crippen LogP contribution in [-0.4, -0.2) is 89.2 Å². The summed E-state index contributed by atoms with van der Waals surface area (Å²) in [5, 5.41) is 16.2. The van der Waals surface area contributed by atoms with Crippen molar-refractivity contribution in [3.8, 4) is 29.1 Å². The number of anilines is 1. The fourth-order valence-corrected chi connectivity index (χ4v) is 10.2. The first kappa shape index (κ1) is 39.8. The van der Waals surface area contributed by atoms with Gasteiger partial charge in [-0.2, -0.15) is 0 Å². The Morgan fingerprint density at radius 3 is 2.25 bits per heavy atom. The number of fused-ring (bicyclic) bond motifs is 4. The number of cyclic esters (lactones) is 1. The number of nitrogens with zero attached hydrogens (tertiary/aromatic N) is 3. The van der Waals surface area contributed by atoms with E-state index in [4.69, 9.17) is 19.9 Å². The summed E-state index contributed by atoms with van der Waals surface area (Å²) in [6.45, 7) is 2.61. The number of phenolic OH excluding ortho intramolecular Hbond substituents is 1. The van der Waals surface area contributed by atoms with Crippen molar-refractivity contribution in [1.29, 1.82) is 0 Å². The van der Waals surface area contributed by atoms with E-state index in [1.165, 1.54) is 0 Å². The van der Waals surface area contributed by atoms with Crippen LogP contribution in [0.2, 0.25) is 0 Å². The molecule has 14 nitrogen and oxygen atoms in total. The molecule has 5 N–H and O–H groups in total. The largest absolute Gasteiger partial charge is 0.508 e. The molecule has 0 aliphatic carbocycles. The molecule has 14 heteroatoms. The number of hydrogen-bond acceptors (Lipinski definition) is 10. The van der Waals surface area contributed by atoms with Crippen LogP contribution in [0.25, 0.3) is 0 Å². The fraction of sp³-hybridized carbons (Fsp3) is 0.265. The smallest absolute Gasteiger partial charge is 0.324 e. The molecule has 10 rings (SSSR count). The number of esters is 1. The van der Waals surface area contributed by atoms with Gasteiger partial charge in [-0.15, -0.1) is 0 Å². The van der Waals surface area contributed by atoms with Gasteiger partial charge in [-0.05, 0) is 70.3 Å². The van der Waals surface area contributed by atoms with E-state index in [-0.39, 0.29) is 25.0 Å². The Bertz CT molecular complexity index is 2660. The standard InChI is InChI=1S/C49H44N6O8/c50-48(60)51-21-7-8-30-13-19-37-36(26-30)49(47(59)52-37)40(45(57)54-24-22-53(23-25-54)28-31-14-20-38-39(27-31)62-29-61-38)42-46(58)63-43(33-11-5-2-6-12-33)41(32-9-3-1-4-10-32)55(42)44(49)34-15-17-35(56)18-16-34/h1-6,9-20,26-27,40-44,56H,21-25,28-29H2,(H,52,59)(H3,50,51,60)/t40-,41-,42-,43+,44+,49-/m0/s1. The van der Waals surface area contributed by atoms with Gasteiger partial charge in [0, 0.05) is 44.0 Å². The maximum absolute atomic E-state index is 15.8. The van der Waals surface area contributed by atoms with Gasteiger partial charge in [-0.25, -0.2) is 4.79 Å². The Balaban J connectivity index is 1.12. The highest BCUT2D eigenvalue weighted by atomic mass is 16.7. The third kappa shape index (κ3) is 6.95. The molecule has 0 bridgehead atoms. The van der Waals surface area contributed by atoms with Crippen molar-refractivity contribution < 1.29 is 38.5 Å². The number of hydrogen-bond donors (Lipinski definition) is 4. The number of rotatable bonds is 7. The second-order valence-corrected chi connectivity index (χ2v) is 16.4. The number of ether oxygens (including phenoxy) is 3. The minimum absolute atomic E-state index is 0.00600.